The summed E-state index contributed by atoms with van der Waals surface area (Å²) in [6.45, 7) is 6.30. The molecule has 2 aromatic rings. The molecule has 4 nitrogen and oxygen atoms in total. The van der Waals surface area contributed by atoms with Gasteiger partial charge in [0.2, 0.25) is 5.95 Å². The van der Waals surface area contributed by atoms with E-state index in [2.05, 4.69) is 29.9 Å². The molecule has 0 saturated heterocycles. The molecule has 0 fully saturated rings. The van der Waals surface area contributed by atoms with Crippen LogP contribution in [0.1, 0.15) is 30.9 Å². The van der Waals surface area contributed by atoms with Crippen LogP contribution in [0.15, 0.2) is 28.1 Å². The van der Waals surface area contributed by atoms with Crippen LogP contribution in [0.2, 0.25) is 5.02 Å². The largest absolute Gasteiger partial charge is 0.383 e. The number of anilines is 2. The van der Waals surface area contributed by atoms with Gasteiger partial charge in [-0.15, -0.1) is 0 Å². The lowest BCUT2D eigenvalue weighted by atomic mass is 10.0. The highest BCUT2D eigenvalue weighted by atomic mass is 35.5. The number of aromatic nitrogens is 2. The maximum atomic E-state index is 6.23. The minimum atomic E-state index is 0.179. The van der Waals surface area contributed by atoms with Crippen molar-refractivity contribution < 1.29 is 0 Å². The van der Waals surface area contributed by atoms with Gasteiger partial charge in [-0.2, -0.15) is 4.98 Å². The average Bonchev–Trinajstić information content (AvgIpc) is 2.36. The van der Waals surface area contributed by atoms with Crippen LogP contribution in [0.25, 0.3) is 0 Å². The Labute approximate surface area is 127 Å². The minimum Gasteiger partial charge on any atom is -0.383 e. The van der Waals surface area contributed by atoms with Crippen LogP contribution >= 0.6 is 23.4 Å². The van der Waals surface area contributed by atoms with Crippen molar-refractivity contribution in [3.8, 4) is 0 Å². The Morgan fingerprint density at radius 1 is 1.20 bits per heavy atom. The van der Waals surface area contributed by atoms with E-state index in [1.54, 1.807) is 6.20 Å². The molecule has 0 radical (unpaired) electrons. The van der Waals surface area contributed by atoms with Gasteiger partial charge in [0.15, 0.2) is 0 Å². The molecule has 0 atom stereocenters. The van der Waals surface area contributed by atoms with Gasteiger partial charge in [0.25, 0.3) is 0 Å². The van der Waals surface area contributed by atoms with Crippen molar-refractivity contribution in [1.29, 1.82) is 0 Å². The quantitative estimate of drug-likeness (QED) is 0.899. The van der Waals surface area contributed by atoms with E-state index < -0.39 is 0 Å². The van der Waals surface area contributed by atoms with Gasteiger partial charge in [0, 0.05) is 16.1 Å². The van der Waals surface area contributed by atoms with Crippen molar-refractivity contribution in [2.24, 2.45) is 0 Å². The SMILES string of the molecule is Cc1cc(C(C)C)c(Sc2cnc(N)nc2N)cc1Cl. The summed E-state index contributed by atoms with van der Waals surface area (Å²) in [6, 6.07) is 4.08. The molecule has 20 heavy (non-hydrogen) atoms. The monoisotopic (exact) mass is 308 g/mol. The van der Waals surface area contributed by atoms with E-state index in [0.717, 1.165) is 20.4 Å². The number of aryl methyl sites for hydroxylation is 1. The number of hydrogen-bond acceptors (Lipinski definition) is 5. The molecular weight excluding hydrogens is 292 g/mol. The summed E-state index contributed by atoms with van der Waals surface area (Å²) in [4.78, 5) is 9.80. The van der Waals surface area contributed by atoms with Crippen LogP contribution in [0.3, 0.4) is 0 Å². The number of halogens is 1. The number of nitrogens with zero attached hydrogens (tertiary/aromatic N) is 2. The second-order valence-corrected chi connectivity index (χ2v) is 6.36. The topological polar surface area (TPSA) is 77.8 Å². The lowest BCUT2D eigenvalue weighted by Crippen LogP contribution is -2.01. The van der Waals surface area contributed by atoms with Gasteiger partial charge in [-0.1, -0.05) is 43.3 Å². The fourth-order valence-electron chi connectivity index (χ4n) is 1.82. The van der Waals surface area contributed by atoms with Gasteiger partial charge < -0.3 is 11.5 Å². The number of nitrogens with two attached hydrogens (primary N) is 2. The molecular formula is C14H17ClN4S. The maximum absolute atomic E-state index is 6.23. The first-order valence-corrected chi connectivity index (χ1v) is 7.43. The molecule has 1 aromatic heterocycles. The summed E-state index contributed by atoms with van der Waals surface area (Å²) in [7, 11) is 0. The smallest absolute Gasteiger partial charge is 0.221 e. The van der Waals surface area contributed by atoms with E-state index in [0.29, 0.717) is 11.7 Å². The molecule has 0 aliphatic rings. The van der Waals surface area contributed by atoms with Gasteiger partial charge >= 0.3 is 0 Å². The molecule has 1 aromatic carbocycles. The van der Waals surface area contributed by atoms with Gasteiger partial charge in [-0.25, -0.2) is 4.98 Å². The van der Waals surface area contributed by atoms with Crippen LogP contribution in [-0.4, -0.2) is 9.97 Å². The van der Waals surface area contributed by atoms with E-state index in [-0.39, 0.29) is 5.95 Å². The second kappa shape index (κ2) is 5.89. The maximum Gasteiger partial charge on any atom is 0.221 e. The summed E-state index contributed by atoms with van der Waals surface area (Å²) in [5.74, 6) is 0.955. The van der Waals surface area contributed by atoms with E-state index in [4.69, 9.17) is 23.1 Å². The molecule has 0 spiro atoms. The highest BCUT2D eigenvalue weighted by Crippen LogP contribution is 2.38. The lowest BCUT2D eigenvalue weighted by molar-refractivity contribution is 0.840. The Kier molecular flexibility index (Phi) is 4.40. The summed E-state index contributed by atoms with van der Waals surface area (Å²) < 4.78 is 0. The molecule has 0 amide bonds. The molecule has 0 bridgehead atoms. The summed E-state index contributed by atoms with van der Waals surface area (Å²) >= 11 is 7.74. The number of hydrogen-bond donors (Lipinski definition) is 2. The predicted molar refractivity (Wildman–Crippen MR) is 85.3 cm³/mol. The third kappa shape index (κ3) is 3.16. The van der Waals surface area contributed by atoms with Crippen LogP contribution in [0.4, 0.5) is 11.8 Å². The van der Waals surface area contributed by atoms with Gasteiger partial charge in [0.1, 0.15) is 5.82 Å². The molecule has 1 heterocycles. The van der Waals surface area contributed by atoms with Crippen molar-refractivity contribution in [2.75, 3.05) is 11.5 Å². The second-order valence-electron chi connectivity index (χ2n) is 4.87. The van der Waals surface area contributed by atoms with Gasteiger partial charge in [0.05, 0.1) is 4.90 Å². The van der Waals surface area contributed by atoms with Crippen molar-refractivity contribution in [3.05, 3.63) is 34.5 Å². The third-order valence-electron chi connectivity index (χ3n) is 2.93. The van der Waals surface area contributed by atoms with Crippen LogP contribution in [0.5, 0.6) is 0 Å². The Morgan fingerprint density at radius 3 is 2.50 bits per heavy atom. The Hall–Kier alpha value is -1.46. The summed E-state index contributed by atoms with van der Waals surface area (Å²) in [5, 5.41) is 0.742. The summed E-state index contributed by atoms with van der Waals surface area (Å²) in [5.41, 5.74) is 13.7. The van der Waals surface area contributed by atoms with Crippen molar-refractivity contribution >= 4 is 35.1 Å². The Balaban J connectivity index is 2.44. The van der Waals surface area contributed by atoms with Gasteiger partial charge in [-0.05, 0) is 30.0 Å². The zero-order valence-corrected chi connectivity index (χ0v) is 13.2. The Bertz CT molecular complexity index is 643. The molecule has 2 rings (SSSR count). The van der Waals surface area contributed by atoms with E-state index in [1.807, 2.05) is 13.0 Å². The number of benzene rings is 1. The van der Waals surface area contributed by atoms with Crippen molar-refractivity contribution in [1.82, 2.24) is 9.97 Å². The zero-order chi connectivity index (χ0) is 14.9. The first-order valence-electron chi connectivity index (χ1n) is 6.24. The van der Waals surface area contributed by atoms with Crippen LogP contribution in [-0.2, 0) is 0 Å². The molecule has 6 heteroatoms. The molecule has 0 saturated carbocycles. The first kappa shape index (κ1) is 14.9. The Morgan fingerprint density at radius 2 is 1.90 bits per heavy atom. The fraction of sp³-hybridized carbons (Fsp3) is 0.286. The number of rotatable bonds is 3. The lowest BCUT2D eigenvalue weighted by Gasteiger charge is -2.15. The third-order valence-corrected chi connectivity index (χ3v) is 4.45. The highest BCUT2D eigenvalue weighted by Gasteiger charge is 2.13. The predicted octanol–water partition coefficient (Wildman–Crippen LogP) is 3.88. The normalized spacial score (nSPS) is 11.1. The van der Waals surface area contributed by atoms with E-state index in [9.17, 15) is 0 Å². The first-order chi connectivity index (χ1) is 9.38. The molecule has 0 aliphatic heterocycles. The van der Waals surface area contributed by atoms with Crippen molar-refractivity contribution in [3.63, 3.8) is 0 Å². The molecule has 0 unspecified atom stereocenters. The standard InChI is InChI=1S/C14H17ClN4S/c1-7(2)9-4-8(3)10(15)5-11(9)20-12-6-18-14(17)19-13(12)16/h4-7H,1-3H3,(H4,16,17,18,19). The van der Waals surface area contributed by atoms with E-state index in [1.165, 1.54) is 17.3 Å². The van der Waals surface area contributed by atoms with E-state index >= 15 is 0 Å². The zero-order valence-electron chi connectivity index (χ0n) is 11.6. The van der Waals surface area contributed by atoms with Crippen LogP contribution < -0.4 is 11.5 Å². The fourth-order valence-corrected chi connectivity index (χ4v) is 3.13. The van der Waals surface area contributed by atoms with Crippen molar-refractivity contribution in [2.45, 2.75) is 36.5 Å². The minimum absolute atomic E-state index is 0.179. The van der Waals surface area contributed by atoms with Crippen LogP contribution in [0, 0.1) is 6.92 Å². The van der Waals surface area contributed by atoms with Gasteiger partial charge in [-0.3, -0.25) is 0 Å². The molecule has 4 N–H and O–H groups in total. The molecule has 0 aliphatic carbocycles. The average molecular weight is 309 g/mol. The summed E-state index contributed by atoms with van der Waals surface area (Å²) in [6.07, 6.45) is 1.64. The number of nitrogen functional groups attached to an aromatic ring is 2. The molecule has 106 valence electrons. The highest BCUT2D eigenvalue weighted by molar-refractivity contribution is 7.99.